The summed E-state index contributed by atoms with van der Waals surface area (Å²) in [5, 5.41) is 0. The van der Waals surface area contributed by atoms with Crippen LogP contribution >= 0.6 is 0 Å². The molecule has 0 aliphatic heterocycles. The predicted molar refractivity (Wildman–Crippen MR) is 316 cm³/mol. The first-order valence-electron chi connectivity index (χ1n) is 30.0. The van der Waals surface area contributed by atoms with Gasteiger partial charge in [0.05, 0.1) is 0 Å². The molecule has 0 aliphatic rings. The highest BCUT2D eigenvalue weighted by atomic mass is 16.6. The van der Waals surface area contributed by atoms with Crippen LogP contribution < -0.4 is 0 Å². The van der Waals surface area contributed by atoms with Gasteiger partial charge in [0.1, 0.15) is 13.2 Å². The first-order chi connectivity index (χ1) is 36.0. The van der Waals surface area contributed by atoms with Gasteiger partial charge >= 0.3 is 17.9 Å². The third-order valence-electron chi connectivity index (χ3n) is 12.5. The van der Waals surface area contributed by atoms with Crippen molar-refractivity contribution in [1.82, 2.24) is 0 Å². The number of carbonyl (C=O) groups is 3. The summed E-state index contributed by atoms with van der Waals surface area (Å²) in [7, 11) is 0. The molecule has 0 radical (unpaired) electrons. The van der Waals surface area contributed by atoms with Gasteiger partial charge in [-0.15, -0.1) is 0 Å². The highest BCUT2D eigenvalue weighted by molar-refractivity contribution is 5.71. The summed E-state index contributed by atoms with van der Waals surface area (Å²) in [6, 6.07) is 0. The molecular weight excluding hydrogens is 901 g/mol. The first-order valence-corrected chi connectivity index (χ1v) is 30.0. The Morgan fingerprint density at radius 1 is 0.288 bits per heavy atom. The Morgan fingerprint density at radius 2 is 0.534 bits per heavy atom. The van der Waals surface area contributed by atoms with Crippen LogP contribution in [0.2, 0.25) is 0 Å². The largest absolute Gasteiger partial charge is 0.462 e. The van der Waals surface area contributed by atoms with Crippen LogP contribution in [0, 0.1) is 0 Å². The molecule has 1 atom stereocenters. The summed E-state index contributed by atoms with van der Waals surface area (Å²) < 4.78 is 16.8. The third-order valence-corrected chi connectivity index (χ3v) is 12.5. The number of carbonyl (C=O) groups excluding carboxylic acids is 3. The second kappa shape index (κ2) is 60.4. The van der Waals surface area contributed by atoms with E-state index in [0.29, 0.717) is 19.3 Å². The average Bonchev–Trinajstić information content (AvgIpc) is 3.39. The zero-order valence-corrected chi connectivity index (χ0v) is 47.4. The van der Waals surface area contributed by atoms with E-state index in [4.69, 9.17) is 14.2 Å². The Kier molecular flexibility index (Phi) is 56.9. The fourth-order valence-electron chi connectivity index (χ4n) is 8.03. The second-order valence-electron chi connectivity index (χ2n) is 19.5. The molecule has 414 valence electrons. The van der Waals surface area contributed by atoms with E-state index >= 15 is 0 Å². The normalized spacial score (nSPS) is 13.0. The first kappa shape index (κ1) is 68.8. The van der Waals surface area contributed by atoms with Crippen LogP contribution in [-0.2, 0) is 28.6 Å². The monoisotopic (exact) mass is 1010 g/mol. The summed E-state index contributed by atoms with van der Waals surface area (Å²) in [4.78, 5) is 38.0. The minimum atomic E-state index is -0.787. The molecule has 73 heavy (non-hydrogen) atoms. The van der Waals surface area contributed by atoms with Crippen LogP contribution in [0.3, 0.4) is 0 Å². The lowest BCUT2D eigenvalue weighted by Crippen LogP contribution is -2.30. The van der Waals surface area contributed by atoms with Gasteiger partial charge in [-0.3, -0.25) is 14.4 Å². The van der Waals surface area contributed by atoms with Crippen molar-refractivity contribution in [2.75, 3.05) is 13.2 Å². The Morgan fingerprint density at radius 3 is 0.836 bits per heavy atom. The van der Waals surface area contributed by atoms with Gasteiger partial charge in [-0.1, -0.05) is 258 Å². The highest BCUT2D eigenvalue weighted by Gasteiger charge is 2.19. The molecule has 0 heterocycles. The van der Waals surface area contributed by atoms with Crippen LogP contribution in [0.1, 0.15) is 265 Å². The quantitative estimate of drug-likeness (QED) is 0.0261. The van der Waals surface area contributed by atoms with Crippen molar-refractivity contribution in [1.29, 1.82) is 0 Å². The molecule has 6 heteroatoms. The lowest BCUT2D eigenvalue weighted by molar-refractivity contribution is -0.167. The maximum absolute atomic E-state index is 12.8. The summed E-state index contributed by atoms with van der Waals surface area (Å²) in [5.41, 5.74) is 0. The lowest BCUT2D eigenvalue weighted by atomic mass is 10.0. The minimum absolute atomic E-state index is 0.0860. The van der Waals surface area contributed by atoms with Crippen LogP contribution in [-0.4, -0.2) is 37.2 Å². The fourth-order valence-corrected chi connectivity index (χ4v) is 8.03. The van der Waals surface area contributed by atoms with Crippen molar-refractivity contribution in [2.45, 2.75) is 271 Å². The van der Waals surface area contributed by atoms with Crippen molar-refractivity contribution >= 4 is 17.9 Å². The molecule has 0 aromatic rings. The predicted octanol–water partition coefficient (Wildman–Crippen LogP) is 20.4. The number of ether oxygens (including phenoxy) is 3. The number of hydrogen-bond acceptors (Lipinski definition) is 6. The van der Waals surface area contributed by atoms with E-state index in [2.05, 4.69) is 142 Å². The Bertz CT molecular complexity index is 1540. The van der Waals surface area contributed by atoms with E-state index in [0.717, 1.165) is 135 Å². The maximum Gasteiger partial charge on any atom is 0.306 e. The summed E-state index contributed by atoms with van der Waals surface area (Å²) in [6.07, 6.45) is 83.6. The van der Waals surface area contributed by atoms with Gasteiger partial charge in [0.15, 0.2) is 6.10 Å². The summed E-state index contributed by atoms with van der Waals surface area (Å²) >= 11 is 0. The minimum Gasteiger partial charge on any atom is -0.462 e. The van der Waals surface area contributed by atoms with E-state index < -0.39 is 6.10 Å². The SMILES string of the molecule is CC/C=C\C/C=C\C/C=C\C/C=C\C/C=C\C/C=C\CCCCCCCCC(=O)OCC(COC(=O)CCCCCCCCC)OC(=O)CCCCCCCCCCCC/C=C\C/C=C\C/C=C\C/C=C\CC. The van der Waals surface area contributed by atoms with Crippen molar-refractivity contribution in [3.05, 3.63) is 122 Å². The van der Waals surface area contributed by atoms with Gasteiger partial charge in [-0.05, 0) is 109 Å². The van der Waals surface area contributed by atoms with E-state index in [1.165, 1.54) is 89.9 Å². The number of unbranched alkanes of at least 4 members (excludes halogenated alkanes) is 22. The Hall–Kier alpha value is -4.19. The molecule has 6 nitrogen and oxygen atoms in total. The van der Waals surface area contributed by atoms with Crippen LogP contribution in [0.15, 0.2) is 122 Å². The molecule has 0 spiro atoms. The molecule has 0 saturated heterocycles. The summed E-state index contributed by atoms with van der Waals surface area (Å²) in [5.74, 6) is -0.912. The fraction of sp³-hybridized carbons (Fsp3) is 0.657. The molecule has 0 aromatic carbocycles. The number of allylic oxidation sites excluding steroid dienone is 20. The van der Waals surface area contributed by atoms with Gasteiger partial charge in [-0.25, -0.2) is 0 Å². The summed E-state index contributed by atoms with van der Waals surface area (Å²) in [6.45, 7) is 6.36. The maximum atomic E-state index is 12.8. The van der Waals surface area contributed by atoms with Gasteiger partial charge in [0, 0.05) is 19.3 Å². The van der Waals surface area contributed by atoms with Gasteiger partial charge < -0.3 is 14.2 Å². The smallest absolute Gasteiger partial charge is 0.306 e. The zero-order chi connectivity index (χ0) is 52.9. The van der Waals surface area contributed by atoms with Crippen molar-refractivity contribution in [3.63, 3.8) is 0 Å². The van der Waals surface area contributed by atoms with E-state index in [-0.39, 0.29) is 31.1 Å². The van der Waals surface area contributed by atoms with Gasteiger partial charge in [0.25, 0.3) is 0 Å². The van der Waals surface area contributed by atoms with Gasteiger partial charge in [0.2, 0.25) is 0 Å². The van der Waals surface area contributed by atoms with Crippen molar-refractivity contribution in [3.8, 4) is 0 Å². The highest BCUT2D eigenvalue weighted by Crippen LogP contribution is 2.15. The van der Waals surface area contributed by atoms with Crippen LogP contribution in [0.5, 0.6) is 0 Å². The van der Waals surface area contributed by atoms with E-state index in [1.807, 2.05) is 0 Å². The molecular formula is C67H110O6. The van der Waals surface area contributed by atoms with E-state index in [9.17, 15) is 14.4 Å². The second-order valence-corrected chi connectivity index (χ2v) is 19.5. The molecule has 0 N–H and O–H groups in total. The topological polar surface area (TPSA) is 78.9 Å². The molecule has 0 bridgehead atoms. The number of esters is 3. The van der Waals surface area contributed by atoms with Crippen molar-refractivity contribution < 1.29 is 28.6 Å². The molecule has 0 rings (SSSR count). The van der Waals surface area contributed by atoms with Crippen molar-refractivity contribution in [2.24, 2.45) is 0 Å². The molecule has 0 aromatic heterocycles. The molecule has 0 amide bonds. The standard InChI is InChI=1S/C67H110O6/c1-4-7-10-13-16-18-20-22-24-26-28-30-32-33-35-36-38-40-42-44-46-48-51-54-57-60-66(69)72-63-64(62-71-65(68)59-56-53-50-15-12-9-6-3)73-67(70)61-58-55-52-49-47-45-43-41-39-37-34-31-29-27-25-23-21-19-17-14-11-8-5-2/h7-8,10-11,16-19,22-25,28-31,33,35,38,40,64H,4-6,9,12-15,20-21,26-27,32,34,36-37,39,41-63H2,1-3H3/b10-7-,11-8-,18-16-,19-17-,24-22-,25-23-,30-28-,31-29-,35-33-,40-38-. The Balaban J connectivity index is 4.24. The van der Waals surface area contributed by atoms with Crippen LogP contribution in [0.4, 0.5) is 0 Å². The third kappa shape index (κ3) is 58.6. The molecule has 0 fully saturated rings. The zero-order valence-electron chi connectivity index (χ0n) is 47.4. The van der Waals surface area contributed by atoms with E-state index in [1.54, 1.807) is 0 Å². The number of rotatable bonds is 53. The van der Waals surface area contributed by atoms with Crippen LogP contribution in [0.25, 0.3) is 0 Å². The molecule has 0 aliphatic carbocycles. The number of hydrogen-bond donors (Lipinski definition) is 0. The average molecular weight is 1010 g/mol. The lowest BCUT2D eigenvalue weighted by Gasteiger charge is -2.18. The van der Waals surface area contributed by atoms with Gasteiger partial charge in [-0.2, -0.15) is 0 Å². The molecule has 0 saturated carbocycles. The Labute approximate surface area is 450 Å². The molecule has 1 unspecified atom stereocenters.